The van der Waals surface area contributed by atoms with E-state index in [1.165, 1.54) is 6.20 Å². The normalized spacial score (nSPS) is 14.1. The molecule has 1 saturated heterocycles. The lowest BCUT2D eigenvalue weighted by molar-refractivity contribution is 0.102. The third-order valence-electron chi connectivity index (χ3n) is 5.02. The first-order chi connectivity index (χ1) is 14.8. The minimum Gasteiger partial charge on any atom is -0.378 e. The van der Waals surface area contributed by atoms with E-state index in [2.05, 4.69) is 37.4 Å². The van der Waals surface area contributed by atoms with E-state index < -0.39 is 0 Å². The topological polar surface area (TPSA) is 84.7 Å². The van der Waals surface area contributed by atoms with Crippen LogP contribution in [0.15, 0.2) is 67.0 Å². The van der Waals surface area contributed by atoms with Crippen LogP contribution < -0.4 is 10.2 Å². The van der Waals surface area contributed by atoms with Crippen molar-refractivity contribution in [1.82, 2.24) is 19.6 Å². The fourth-order valence-corrected chi connectivity index (χ4v) is 3.48. The number of hydrogen-bond donors (Lipinski definition) is 1. The molecule has 1 fully saturated rings. The molecular formula is C22H20N6O2. The molecule has 0 saturated carbocycles. The average Bonchev–Trinajstić information content (AvgIpc) is 3.24. The number of nitrogens with zero attached hydrogens (tertiary/aromatic N) is 5. The summed E-state index contributed by atoms with van der Waals surface area (Å²) in [6.45, 7) is 3.21. The number of morpholine rings is 1. The van der Waals surface area contributed by atoms with Gasteiger partial charge >= 0.3 is 0 Å². The van der Waals surface area contributed by atoms with Crippen LogP contribution in [0.1, 0.15) is 10.5 Å². The van der Waals surface area contributed by atoms with E-state index in [0.717, 1.165) is 43.2 Å². The predicted octanol–water partition coefficient (Wildman–Crippen LogP) is 2.88. The first-order valence-electron chi connectivity index (χ1n) is 9.78. The first-order valence-corrected chi connectivity index (χ1v) is 9.78. The van der Waals surface area contributed by atoms with E-state index in [0.29, 0.717) is 17.2 Å². The van der Waals surface area contributed by atoms with Crippen LogP contribution in [-0.2, 0) is 4.74 Å². The number of carbonyl (C=O) groups excluding carboxylic acids is 1. The molecule has 4 heterocycles. The van der Waals surface area contributed by atoms with Gasteiger partial charge in [0.25, 0.3) is 5.91 Å². The van der Waals surface area contributed by atoms with Crippen LogP contribution in [0.5, 0.6) is 0 Å². The predicted molar refractivity (Wildman–Crippen MR) is 114 cm³/mol. The average molecular weight is 400 g/mol. The second-order valence-electron chi connectivity index (χ2n) is 6.95. The van der Waals surface area contributed by atoms with Crippen molar-refractivity contribution < 1.29 is 9.53 Å². The number of aromatic nitrogens is 4. The Morgan fingerprint density at radius 2 is 1.90 bits per heavy atom. The molecule has 0 spiro atoms. The number of benzene rings is 1. The van der Waals surface area contributed by atoms with Crippen LogP contribution in [-0.4, -0.2) is 51.8 Å². The van der Waals surface area contributed by atoms with Crippen molar-refractivity contribution in [1.29, 1.82) is 0 Å². The molecule has 1 aliphatic heterocycles. The first kappa shape index (κ1) is 18.3. The molecule has 30 heavy (non-hydrogen) atoms. The minimum absolute atomic E-state index is 0.312. The molecule has 8 heteroatoms. The fraction of sp³-hybridized carbons (Fsp3) is 0.182. The van der Waals surface area contributed by atoms with E-state index in [1.54, 1.807) is 22.8 Å². The van der Waals surface area contributed by atoms with Crippen LogP contribution >= 0.6 is 0 Å². The van der Waals surface area contributed by atoms with Crippen LogP contribution in [0.4, 0.5) is 11.5 Å². The summed E-state index contributed by atoms with van der Waals surface area (Å²) < 4.78 is 7.01. The lowest BCUT2D eigenvalue weighted by atomic mass is 10.1. The Bertz CT molecular complexity index is 1180. The summed E-state index contributed by atoms with van der Waals surface area (Å²) in [7, 11) is 0. The van der Waals surface area contributed by atoms with Crippen molar-refractivity contribution >= 4 is 23.1 Å². The van der Waals surface area contributed by atoms with Gasteiger partial charge in [-0.3, -0.25) is 4.79 Å². The van der Waals surface area contributed by atoms with Crippen molar-refractivity contribution in [2.45, 2.75) is 0 Å². The van der Waals surface area contributed by atoms with Crippen molar-refractivity contribution in [3.05, 3.63) is 72.7 Å². The van der Waals surface area contributed by atoms with Crippen LogP contribution in [0.2, 0.25) is 0 Å². The smallest absolute Gasteiger partial charge is 0.277 e. The van der Waals surface area contributed by atoms with E-state index in [-0.39, 0.29) is 5.91 Å². The molecule has 0 bridgehead atoms. The van der Waals surface area contributed by atoms with Gasteiger partial charge < -0.3 is 15.0 Å². The molecule has 1 amide bonds. The Morgan fingerprint density at radius 3 is 2.73 bits per heavy atom. The maximum atomic E-state index is 12.7. The highest BCUT2D eigenvalue weighted by Crippen LogP contribution is 2.24. The van der Waals surface area contributed by atoms with E-state index in [9.17, 15) is 4.79 Å². The van der Waals surface area contributed by atoms with Gasteiger partial charge in [0.2, 0.25) is 0 Å². The fourth-order valence-electron chi connectivity index (χ4n) is 3.48. The van der Waals surface area contributed by atoms with Gasteiger partial charge in [-0.05, 0) is 36.4 Å². The number of amides is 1. The van der Waals surface area contributed by atoms with Crippen molar-refractivity contribution in [2.75, 3.05) is 36.5 Å². The number of rotatable bonds is 4. The Hall–Kier alpha value is -3.78. The summed E-state index contributed by atoms with van der Waals surface area (Å²) in [5, 5.41) is 7.46. The van der Waals surface area contributed by atoms with Gasteiger partial charge in [-0.25, -0.2) is 14.5 Å². The Morgan fingerprint density at radius 1 is 1.00 bits per heavy atom. The van der Waals surface area contributed by atoms with Gasteiger partial charge in [0.15, 0.2) is 11.3 Å². The number of pyridine rings is 1. The third kappa shape index (κ3) is 3.60. The summed E-state index contributed by atoms with van der Waals surface area (Å²) in [5.74, 6) is 0.166. The van der Waals surface area contributed by atoms with E-state index in [1.807, 2.05) is 30.3 Å². The lowest BCUT2D eigenvalue weighted by Crippen LogP contribution is -2.36. The van der Waals surface area contributed by atoms with E-state index >= 15 is 0 Å². The molecule has 0 unspecified atom stereocenters. The summed E-state index contributed by atoms with van der Waals surface area (Å²) in [5.41, 5.74) is 3.83. The summed E-state index contributed by atoms with van der Waals surface area (Å²) >= 11 is 0. The van der Waals surface area contributed by atoms with Crippen LogP contribution in [0.3, 0.4) is 0 Å². The highest BCUT2D eigenvalue weighted by atomic mass is 16.5. The van der Waals surface area contributed by atoms with Crippen molar-refractivity contribution in [3.63, 3.8) is 0 Å². The molecule has 8 nitrogen and oxygen atoms in total. The minimum atomic E-state index is -0.312. The standard InChI is InChI=1S/C22H20N6O2/c29-22(25-20-6-1-2-9-23-20)19-15-24-21-8-7-18(26-28(19)21)16-4-3-5-17(14-16)27-10-12-30-13-11-27/h1-9,14-15H,10-13H2,(H,23,25,29). The SMILES string of the molecule is O=C(Nc1ccccn1)c1cnc2ccc(-c3cccc(N4CCOCC4)c3)nn12. The summed E-state index contributed by atoms with van der Waals surface area (Å²) in [6.07, 6.45) is 3.15. The van der Waals surface area contributed by atoms with Gasteiger partial charge in [-0.1, -0.05) is 18.2 Å². The lowest BCUT2D eigenvalue weighted by Gasteiger charge is -2.29. The highest BCUT2D eigenvalue weighted by Gasteiger charge is 2.16. The zero-order valence-electron chi connectivity index (χ0n) is 16.2. The van der Waals surface area contributed by atoms with Gasteiger partial charge in [-0.2, -0.15) is 5.10 Å². The zero-order valence-corrected chi connectivity index (χ0v) is 16.2. The largest absolute Gasteiger partial charge is 0.378 e. The molecule has 5 rings (SSSR count). The number of carbonyl (C=O) groups is 1. The maximum Gasteiger partial charge on any atom is 0.277 e. The number of hydrogen-bond acceptors (Lipinski definition) is 6. The second-order valence-corrected chi connectivity index (χ2v) is 6.95. The molecular weight excluding hydrogens is 380 g/mol. The molecule has 0 aliphatic carbocycles. The number of nitrogens with one attached hydrogen (secondary N) is 1. The Balaban J connectivity index is 1.46. The van der Waals surface area contributed by atoms with Crippen molar-refractivity contribution in [3.8, 4) is 11.3 Å². The van der Waals surface area contributed by atoms with Crippen molar-refractivity contribution in [2.24, 2.45) is 0 Å². The second kappa shape index (κ2) is 7.92. The van der Waals surface area contributed by atoms with Crippen LogP contribution in [0, 0.1) is 0 Å². The molecule has 3 aromatic heterocycles. The maximum absolute atomic E-state index is 12.7. The van der Waals surface area contributed by atoms with Gasteiger partial charge in [0.1, 0.15) is 5.82 Å². The zero-order chi connectivity index (χ0) is 20.3. The molecule has 0 radical (unpaired) electrons. The monoisotopic (exact) mass is 400 g/mol. The quantitative estimate of drug-likeness (QED) is 0.567. The summed E-state index contributed by atoms with van der Waals surface area (Å²) in [4.78, 5) is 23.5. The highest BCUT2D eigenvalue weighted by molar-refractivity contribution is 6.02. The number of anilines is 2. The number of ether oxygens (including phenoxy) is 1. The van der Waals surface area contributed by atoms with E-state index in [4.69, 9.17) is 4.74 Å². The molecule has 0 atom stereocenters. The Labute approximate surface area is 173 Å². The van der Waals surface area contributed by atoms with Crippen LogP contribution in [0.25, 0.3) is 16.9 Å². The van der Waals surface area contributed by atoms with Gasteiger partial charge in [0.05, 0.1) is 25.1 Å². The molecule has 1 aliphatic rings. The molecule has 150 valence electrons. The Kier molecular flexibility index (Phi) is 4.82. The number of fused-ring (bicyclic) bond motifs is 1. The van der Waals surface area contributed by atoms with Gasteiger partial charge in [-0.15, -0.1) is 0 Å². The number of imidazole rings is 1. The molecule has 1 aromatic carbocycles. The molecule has 1 N–H and O–H groups in total. The van der Waals surface area contributed by atoms with Gasteiger partial charge in [0, 0.05) is 30.5 Å². The third-order valence-corrected chi connectivity index (χ3v) is 5.02. The summed E-state index contributed by atoms with van der Waals surface area (Å²) in [6, 6.07) is 17.4. The molecule has 4 aromatic rings.